The van der Waals surface area contributed by atoms with Gasteiger partial charge in [0.25, 0.3) is 5.91 Å². The number of benzene rings is 1. The van der Waals surface area contributed by atoms with Crippen LogP contribution in [0.3, 0.4) is 0 Å². The maximum Gasteiger partial charge on any atom is 0.252 e. The van der Waals surface area contributed by atoms with Crippen LogP contribution in [-0.4, -0.2) is 51.6 Å². The molecule has 0 spiro atoms. The summed E-state index contributed by atoms with van der Waals surface area (Å²) in [6.07, 6.45) is 5.57. The number of nitrogens with one attached hydrogen (secondary N) is 2. The van der Waals surface area contributed by atoms with Gasteiger partial charge in [-0.1, -0.05) is 11.6 Å². The van der Waals surface area contributed by atoms with Gasteiger partial charge in [-0.3, -0.25) is 9.69 Å². The van der Waals surface area contributed by atoms with E-state index in [1.165, 1.54) is 0 Å². The largest absolute Gasteiger partial charge is 0.361 e. The number of aryl methyl sites for hydroxylation is 1. The molecule has 1 saturated heterocycles. The van der Waals surface area contributed by atoms with Gasteiger partial charge in [0.1, 0.15) is 12.0 Å². The number of piperidine rings is 1. The number of likely N-dealkylation sites (tertiary alicyclic amines) is 1. The van der Waals surface area contributed by atoms with Crippen molar-refractivity contribution in [3.63, 3.8) is 0 Å². The lowest BCUT2D eigenvalue weighted by Crippen LogP contribution is -2.42. The topological polar surface area (TPSA) is 73.9 Å². The second-order valence-corrected chi connectivity index (χ2v) is 7.74. The van der Waals surface area contributed by atoms with Crippen LogP contribution in [0.4, 0.5) is 4.39 Å². The molecular formula is C21H23ClFN5O. The molecule has 1 amide bonds. The summed E-state index contributed by atoms with van der Waals surface area (Å²) in [6.45, 7) is 3.45. The van der Waals surface area contributed by atoms with Gasteiger partial charge in [-0.2, -0.15) is 0 Å². The Hall–Kier alpha value is -2.51. The van der Waals surface area contributed by atoms with Crippen LogP contribution in [0.2, 0.25) is 5.02 Å². The van der Waals surface area contributed by atoms with Crippen LogP contribution >= 0.6 is 11.6 Å². The standard InChI is InChI=1S/C21H23ClFN5O/c1-13-25-10-14(11-26-13)19(28-8-5-15(23)6-9-28)12-27-21(29)17-2-3-18-16(20(17)22)4-7-24-18/h2-4,7,10-11,15,19,24H,5-6,8-9,12H2,1H3,(H,27,29). The van der Waals surface area contributed by atoms with E-state index in [1.807, 2.05) is 19.1 Å². The molecule has 1 fully saturated rings. The van der Waals surface area contributed by atoms with E-state index in [0.29, 0.717) is 48.9 Å². The Kier molecular flexibility index (Phi) is 5.78. The van der Waals surface area contributed by atoms with Crippen LogP contribution in [0.5, 0.6) is 0 Å². The highest BCUT2D eigenvalue weighted by Gasteiger charge is 2.27. The van der Waals surface area contributed by atoms with E-state index in [-0.39, 0.29) is 11.9 Å². The first-order chi connectivity index (χ1) is 14.0. The number of H-pyrrole nitrogens is 1. The minimum atomic E-state index is -0.761. The van der Waals surface area contributed by atoms with Gasteiger partial charge in [-0.05, 0) is 38.0 Å². The Balaban J connectivity index is 1.53. The number of hydrogen-bond donors (Lipinski definition) is 2. The quantitative estimate of drug-likeness (QED) is 0.664. The van der Waals surface area contributed by atoms with Crippen LogP contribution in [-0.2, 0) is 0 Å². The number of carbonyl (C=O) groups excluding carboxylic acids is 1. The first kappa shape index (κ1) is 19.8. The van der Waals surface area contributed by atoms with Crippen molar-refractivity contribution in [2.75, 3.05) is 19.6 Å². The molecule has 2 aromatic heterocycles. The fraction of sp³-hybridized carbons (Fsp3) is 0.381. The molecule has 0 aliphatic carbocycles. The van der Waals surface area contributed by atoms with Gasteiger partial charge < -0.3 is 10.3 Å². The lowest BCUT2D eigenvalue weighted by molar-refractivity contribution is 0.0884. The van der Waals surface area contributed by atoms with Crippen molar-refractivity contribution in [3.8, 4) is 0 Å². The Morgan fingerprint density at radius 2 is 2.03 bits per heavy atom. The van der Waals surface area contributed by atoms with Crippen LogP contribution < -0.4 is 5.32 Å². The number of halogens is 2. The Morgan fingerprint density at radius 3 is 2.76 bits per heavy atom. The zero-order valence-electron chi connectivity index (χ0n) is 16.2. The second-order valence-electron chi connectivity index (χ2n) is 7.37. The zero-order chi connectivity index (χ0) is 20.4. The third-order valence-electron chi connectivity index (χ3n) is 5.45. The summed E-state index contributed by atoms with van der Waals surface area (Å²) in [5.74, 6) is 0.446. The van der Waals surface area contributed by atoms with E-state index in [2.05, 4.69) is 25.2 Å². The Morgan fingerprint density at radius 1 is 1.31 bits per heavy atom. The molecule has 1 unspecified atom stereocenters. The van der Waals surface area contributed by atoms with Crippen molar-refractivity contribution in [2.45, 2.75) is 32.0 Å². The van der Waals surface area contributed by atoms with E-state index in [9.17, 15) is 9.18 Å². The number of fused-ring (bicyclic) bond motifs is 1. The maximum atomic E-state index is 13.6. The number of aromatic nitrogens is 3. The van der Waals surface area contributed by atoms with Crippen molar-refractivity contribution >= 4 is 28.4 Å². The molecule has 152 valence electrons. The molecule has 0 saturated carbocycles. The highest BCUT2D eigenvalue weighted by atomic mass is 35.5. The van der Waals surface area contributed by atoms with Gasteiger partial charge in [0.15, 0.2) is 0 Å². The van der Waals surface area contributed by atoms with E-state index in [4.69, 9.17) is 11.6 Å². The molecule has 1 atom stereocenters. The van der Waals surface area contributed by atoms with Crippen molar-refractivity contribution in [1.29, 1.82) is 0 Å². The summed E-state index contributed by atoms with van der Waals surface area (Å²) in [7, 11) is 0. The molecule has 3 aromatic rings. The fourth-order valence-corrected chi connectivity index (χ4v) is 4.08. The lowest BCUT2D eigenvalue weighted by atomic mass is 10.0. The summed E-state index contributed by atoms with van der Waals surface area (Å²) < 4.78 is 13.6. The molecule has 3 heterocycles. The predicted octanol–water partition coefficient (Wildman–Crippen LogP) is 3.82. The summed E-state index contributed by atoms with van der Waals surface area (Å²) in [5.41, 5.74) is 2.22. The number of amides is 1. The molecule has 4 rings (SSSR count). The average Bonchev–Trinajstić information content (AvgIpc) is 3.20. The fourth-order valence-electron chi connectivity index (χ4n) is 3.77. The van der Waals surface area contributed by atoms with Crippen LogP contribution in [0, 0.1) is 6.92 Å². The van der Waals surface area contributed by atoms with E-state index < -0.39 is 6.17 Å². The SMILES string of the molecule is Cc1ncc(C(CNC(=O)c2ccc3[nH]ccc3c2Cl)N2CCC(F)CC2)cn1. The Bertz CT molecular complexity index is 998. The highest BCUT2D eigenvalue weighted by molar-refractivity contribution is 6.38. The first-order valence-electron chi connectivity index (χ1n) is 9.73. The average molecular weight is 416 g/mol. The van der Waals surface area contributed by atoms with Gasteiger partial charge in [0.2, 0.25) is 0 Å². The monoisotopic (exact) mass is 415 g/mol. The van der Waals surface area contributed by atoms with Gasteiger partial charge >= 0.3 is 0 Å². The summed E-state index contributed by atoms with van der Waals surface area (Å²) >= 11 is 6.44. The molecule has 1 aliphatic heterocycles. The van der Waals surface area contributed by atoms with Crippen molar-refractivity contribution < 1.29 is 9.18 Å². The molecule has 8 heteroatoms. The molecule has 29 heavy (non-hydrogen) atoms. The lowest BCUT2D eigenvalue weighted by Gasteiger charge is -2.35. The van der Waals surface area contributed by atoms with Crippen molar-refractivity contribution in [1.82, 2.24) is 25.2 Å². The van der Waals surface area contributed by atoms with Gasteiger partial charge in [-0.25, -0.2) is 14.4 Å². The predicted molar refractivity (Wildman–Crippen MR) is 111 cm³/mol. The number of nitrogens with zero attached hydrogens (tertiary/aromatic N) is 3. The molecule has 0 bridgehead atoms. The third-order valence-corrected chi connectivity index (χ3v) is 5.86. The van der Waals surface area contributed by atoms with Crippen molar-refractivity contribution in [2.24, 2.45) is 0 Å². The molecule has 1 aromatic carbocycles. The maximum absolute atomic E-state index is 13.6. The molecule has 1 aliphatic rings. The number of aromatic amines is 1. The van der Waals surface area contributed by atoms with Gasteiger partial charge in [0, 0.05) is 54.7 Å². The third kappa shape index (κ3) is 4.26. The minimum absolute atomic E-state index is 0.123. The normalized spacial score (nSPS) is 16.8. The molecule has 6 nitrogen and oxygen atoms in total. The van der Waals surface area contributed by atoms with Gasteiger partial charge in [0.05, 0.1) is 16.6 Å². The number of rotatable bonds is 5. The summed E-state index contributed by atoms with van der Waals surface area (Å²) in [4.78, 5) is 26.7. The van der Waals surface area contributed by atoms with E-state index in [0.717, 1.165) is 16.5 Å². The van der Waals surface area contributed by atoms with Gasteiger partial charge in [-0.15, -0.1) is 0 Å². The van der Waals surface area contributed by atoms with Crippen molar-refractivity contribution in [3.05, 3.63) is 58.8 Å². The van der Waals surface area contributed by atoms with Crippen LogP contribution in [0.1, 0.15) is 40.6 Å². The molecule has 0 radical (unpaired) electrons. The van der Waals surface area contributed by atoms with Crippen LogP contribution in [0.25, 0.3) is 10.9 Å². The second kappa shape index (κ2) is 8.47. The first-order valence-corrected chi connectivity index (χ1v) is 10.1. The zero-order valence-corrected chi connectivity index (χ0v) is 16.9. The summed E-state index contributed by atoms with van der Waals surface area (Å²) in [6, 6.07) is 5.28. The van der Waals surface area contributed by atoms with E-state index in [1.54, 1.807) is 24.7 Å². The molecular weight excluding hydrogens is 393 g/mol. The highest BCUT2D eigenvalue weighted by Crippen LogP contribution is 2.28. The number of alkyl halides is 1. The van der Waals surface area contributed by atoms with Crippen LogP contribution in [0.15, 0.2) is 36.8 Å². The van der Waals surface area contributed by atoms with E-state index >= 15 is 0 Å². The molecule has 2 N–H and O–H groups in total. The minimum Gasteiger partial charge on any atom is -0.361 e. The Labute approximate surface area is 173 Å². The smallest absolute Gasteiger partial charge is 0.252 e. The number of hydrogen-bond acceptors (Lipinski definition) is 4. The summed E-state index contributed by atoms with van der Waals surface area (Å²) in [5, 5.41) is 4.23. The number of carbonyl (C=O) groups is 1.